The molecule has 2 aromatic carbocycles. The summed E-state index contributed by atoms with van der Waals surface area (Å²) in [6.07, 6.45) is 11.8. The number of allylic oxidation sites excluding steroid dienone is 1. The number of hydrogen-bond acceptors (Lipinski definition) is 8. The van der Waals surface area contributed by atoms with Crippen molar-refractivity contribution in [3.63, 3.8) is 0 Å². The normalized spacial score (nSPS) is 31.8. The van der Waals surface area contributed by atoms with Crippen LogP contribution in [0.1, 0.15) is 79.1 Å². The highest BCUT2D eigenvalue weighted by molar-refractivity contribution is 7.90. The van der Waals surface area contributed by atoms with Crippen molar-refractivity contribution in [3.8, 4) is 5.75 Å². The van der Waals surface area contributed by atoms with E-state index in [2.05, 4.69) is 32.8 Å². The quantitative estimate of drug-likeness (QED) is 0.296. The Morgan fingerprint density at radius 3 is 2.73 bits per heavy atom. The first-order valence-electron chi connectivity index (χ1n) is 17.4. The van der Waals surface area contributed by atoms with E-state index in [-0.39, 0.29) is 28.7 Å². The fourth-order valence-corrected chi connectivity index (χ4v) is 10.0. The Morgan fingerprint density at radius 1 is 1.16 bits per heavy atom. The van der Waals surface area contributed by atoms with E-state index in [9.17, 15) is 13.2 Å². The van der Waals surface area contributed by atoms with E-state index in [0.717, 1.165) is 48.6 Å². The lowest BCUT2D eigenvalue weighted by Gasteiger charge is -2.50. The molecule has 2 bridgehead atoms. The summed E-state index contributed by atoms with van der Waals surface area (Å²) in [5, 5.41) is -0.0762. The van der Waals surface area contributed by atoms with Crippen LogP contribution in [0.3, 0.4) is 0 Å². The van der Waals surface area contributed by atoms with Crippen LogP contribution in [-0.4, -0.2) is 57.0 Å². The molecule has 49 heavy (non-hydrogen) atoms. The number of fused-ring (bicyclic) bond motifs is 4. The molecule has 1 saturated carbocycles. The van der Waals surface area contributed by atoms with Crippen molar-refractivity contribution in [2.45, 2.75) is 82.0 Å². The number of ether oxygens (including phenoxy) is 2. The number of methoxy groups -OCH3 is 1. The summed E-state index contributed by atoms with van der Waals surface area (Å²) < 4.78 is 48.5. The zero-order chi connectivity index (χ0) is 34.6. The number of carbonyl (C=O) groups excluding carboxylic acids is 1. The highest BCUT2D eigenvalue weighted by atomic mass is 35.5. The van der Waals surface area contributed by atoms with Gasteiger partial charge in [0.25, 0.3) is 5.91 Å². The maximum Gasteiger partial charge on any atom is 0.264 e. The summed E-state index contributed by atoms with van der Waals surface area (Å²) in [5.74, 6) is 1.56. The molecular formula is C38H46ClN3O6S. The number of benzene rings is 2. The van der Waals surface area contributed by atoms with E-state index < -0.39 is 26.8 Å². The van der Waals surface area contributed by atoms with Gasteiger partial charge in [0.15, 0.2) is 5.89 Å². The lowest BCUT2D eigenvalue weighted by molar-refractivity contribution is -0.0777. The molecule has 1 spiro atoms. The Bertz CT molecular complexity index is 1880. The van der Waals surface area contributed by atoms with Crippen LogP contribution in [-0.2, 0) is 33.0 Å². The third-order valence-electron chi connectivity index (χ3n) is 11.7. The van der Waals surface area contributed by atoms with Crippen molar-refractivity contribution in [2.75, 3.05) is 31.7 Å². The predicted molar refractivity (Wildman–Crippen MR) is 190 cm³/mol. The molecule has 6 atom stereocenters. The van der Waals surface area contributed by atoms with Crippen LogP contribution in [0.4, 0.5) is 5.69 Å². The average Bonchev–Trinajstić information content (AvgIpc) is 3.40. The van der Waals surface area contributed by atoms with Gasteiger partial charge in [-0.3, -0.25) is 4.79 Å². The summed E-state index contributed by atoms with van der Waals surface area (Å²) in [6.45, 7) is 7.32. The molecule has 7 rings (SSSR count). The molecule has 3 aromatic rings. The van der Waals surface area contributed by atoms with Gasteiger partial charge in [-0.1, -0.05) is 36.7 Å². The first-order chi connectivity index (χ1) is 23.4. The van der Waals surface area contributed by atoms with Crippen LogP contribution in [0.5, 0.6) is 5.75 Å². The molecule has 1 N–H and O–H groups in total. The van der Waals surface area contributed by atoms with Gasteiger partial charge in [-0.15, -0.1) is 0 Å². The zero-order valence-electron chi connectivity index (χ0n) is 28.7. The number of nitrogens with zero attached hydrogens (tertiary/aromatic N) is 2. The smallest absolute Gasteiger partial charge is 0.264 e. The first kappa shape index (κ1) is 34.1. The molecule has 262 valence electrons. The van der Waals surface area contributed by atoms with Gasteiger partial charge in [0, 0.05) is 36.2 Å². The lowest BCUT2D eigenvalue weighted by Crippen LogP contribution is -2.54. The molecule has 2 aliphatic heterocycles. The second-order valence-corrected chi connectivity index (χ2v) is 17.2. The van der Waals surface area contributed by atoms with Gasteiger partial charge in [-0.2, -0.15) is 0 Å². The van der Waals surface area contributed by atoms with Crippen LogP contribution in [0, 0.1) is 24.7 Å². The minimum atomic E-state index is -3.97. The van der Waals surface area contributed by atoms with E-state index in [4.69, 9.17) is 25.5 Å². The summed E-state index contributed by atoms with van der Waals surface area (Å²) in [6, 6.07) is 11.5. The summed E-state index contributed by atoms with van der Waals surface area (Å²) in [7, 11) is -2.22. The SMILES string of the molecule is CO[C@@]1(Cc2ncc(C)o2)/C=C\C[C@H](C)[C@@H](C)S(=O)(=O)NC(=O)c2ccc3c(c2)N(C[C@@H]2CC[C@H]21)C[C@@]1(CCCc2cc(Cl)ccc21)CO3. The average molecular weight is 708 g/mol. The topological polar surface area (TPSA) is 111 Å². The number of amides is 1. The van der Waals surface area contributed by atoms with Crippen LogP contribution in [0.25, 0.3) is 0 Å². The minimum Gasteiger partial charge on any atom is -0.490 e. The maximum atomic E-state index is 13.6. The van der Waals surface area contributed by atoms with Crippen molar-refractivity contribution in [1.82, 2.24) is 9.71 Å². The van der Waals surface area contributed by atoms with Crippen LogP contribution < -0.4 is 14.4 Å². The fraction of sp³-hybridized carbons (Fsp3) is 0.526. The van der Waals surface area contributed by atoms with Crippen molar-refractivity contribution < 1.29 is 27.1 Å². The van der Waals surface area contributed by atoms with Gasteiger partial charge in [-0.25, -0.2) is 18.1 Å². The van der Waals surface area contributed by atoms with E-state index in [1.54, 1.807) is 32.4 Å². The standard InChI is InChI=1S/C38H46ClN3O6S/c1-24-7-5-16-38(46-4,19-35-40-20-25(2)48-35)32-12-9-29(32)21-42-22-37(15-6-8-27-17-30(39)11-13-31(27)37)23-47-34-14-10-28(18-33(34)42)36(43)41-49(44,45)26(24)3/h5,10-11,13-14,16-18,20,24,26,29,32H,6-9,12,15,19,21-23H2,1-4H3,(H,41,43)/b16-5-/t24-,26+,29-,32+,37-,38+/m0/s1. The second-order valence-electron chi connectivity index (χ2n) is 14.7. The Balaban J connectivity index is 1.34. The number of aromatic nitrogens is 1. The van der Waals surface area contributed by atoms with Crippen molar-refractivity contribution in [2.24, 2.45) is 17.8 Å². The molecule has 11 heteroatoms. The monoisotopic (exact) mass is 707 g/mol. The Morgan fingerprint density at radius 2 is 2.00 bits per heavy atom. The third-order valence-corrected chi connectivity index (χ3v) is 13.9. The Hall–Kier alpha value is -3.34. The van der Waals surface area contributed by atoms with Gasteiger partial charge in [0.1, 0.15) is 11.5 Å². The maximum absolute atomic E-state index is 13.6. The van der Waals surface area contributed by atoms with E-state index in [0.29, 0.717) is 44.2 Å². The number of carbonyl (C=O) groups is 1. The minimum absolute atomic E-state index is 0.151. The molecule has 0 unspecified atom stereocenters. The lowest BCUT2D eigenvalue weighted by atomic mass is 9.63. The van der Waals surface area contributed by atoms with Crippen molar-refractivity contribution in [1.29, 1.82) is 0 Å². The summed E-state index contributed by atoms with van der Waals surface area (Å²) >= 11 is 6.46. The third kappa shape index (κ3) is 6.40. The van der Waals surface area contributed by atoms with Gasteiger partial charge < -0.3 is 18.8 Å². The molecule has 9 nitrogen and oxygen atoms in total. The van der Waals surface area contributed by atoms with Gasteiger partial charge in [0.2, 0.25) is 10.0 Å². The number of oxazole rings is 1. The largest absolute Gasteiger partial charge is 0.490 e. The van der Waals surface area contributed by atoms with E-state index in [1.807, 2.05) is 32.1 Å². The molecule has 1 amide bonds. The van der Waals surface area contributed by atoms with Crippen LogP contribution >= 0.6 is 11.6 Å². The molecule has 1 aromatic heterocycles. The number of anilines is 1. The first-order valence-corrected chi connectivity index (χ1v) is 19.4. The molecule has 0 saturated heterocycles. The number of sulfonamides is 1. The highest BCUT2D eigenvalue weighted by Gasteiger charge is 2.50. The van der Waals surface area contributed by atoms with Crippen LogP contribution in [0.2, 0.25) is 5.02 Å². The predicted octanol–water partition coefficient (Wildman–Crippen LogP) is 6.81. The number of hydrogen-bond donors (Lipinski definition) is 1. The zero-order valence-corrected chi connectivity index (χ0v) is 30.3. The van der Waals surface area contributed by atoms with Gasteiger partial charge >= 0.3 is 0 Å². The Kier molecular flexibility index (Phi) is 9.11. The summed E-state index contributed by atoms with van der Waals surface area (Å²) in [4.78, 5) is 20.5. The molecule has 4 aliphatic rings. The molecular weight excluding hydrogens is 662 g/mol. The van der Waals surface area contributed by atoms with Gasteiger partial charge in [0.05, 0.1) is 35.8 Å². The highest BCUT2D eigenvalue weighted by Crippen LogP contribution is 2.49. The molecule has 0 radical (unpaired) electrons. The Labute approximate surface area is 294 Å². The number of rotatable bonds is 3. The second kappa shape index (κ2) is 13.1. The fourth-order valence-electron chi connectivity index (χ4n) is 8.55. The molecule has 2 aliphatic carbocycles. The van der Waals surface area contributed by atoms with E-state index in [1.165, 1.54) is 11.1 Å². The summed E-state index contributed by atoms with van der Waals surface area (Å²) in [5.41, 5.74) is 2.60. The number of aryl methyl sites for hydroxylation is 2. The number of nitrogens with one attached hydrogen (secondary N) is 1. The van der Waals surface area contributed by atoms with Gasteiger partial charge in [-0.05, 0) is 112 Å². The van der Waals surface area contributed by atoms with Crippen LogP contribution in [0.15, 0.2) is 59.2 Å². The number of halogens is 1. The van der Waals surface area contributed by atoms with Crippen molar-refractivity contribution in [3.05, 3.63) is 88.1 Å². The molecule has 3 heterocycles. The molecule has 1 fully saturated rings. The van der Waals surface area contributed by atoms with E-state index >= 15 is 0 Å². The van der Waals surface area contributed by atoms with Crippen molar-refractivity contribution >= 4 is 33.2 Å².